The summed E-state index contributed by atoms with van der Waals surface area (Å²) in [5.74, 6) is 2.31. The number of anilines is 1. The van der Waals surface area contributed by atoms with Crippen molar-refractivity contribution in [1.29, 1.82) is 0 Å². The van der Waals surface area contributed by atoms with Gasteiger partial charge in [0.25, 0.3) is 5.56 Å². The lowest BCUT2D eigenvalue weighted by Gasteiger charge is -2.33. The lowest BCUT2D eigenvalue weighted by atomic mass is 9.91. The molecule has 3 aromatic rings. The predicted octanol–water partition coefficient (Wildman–Crippen LogP) is 4.68. The number of hydrogen-bond acceptors (Lipinski definition) is 6. The highest BCUT2D eigenvalue weighted by Gasteiger charge is 2.25. The van der Waals surface area contributed by atoms with E-state index in [1.165, 1.54) is 12.8 Å². The van der Waals surface area contributed by atoms with Crippen LogP contribution in [0.4, 0.5) is 5.95 Å². The van der Waals surface area contributed by atoms with Crippen molar-refractivity contribution in [3.05, 3.63) is 51.8 Å². The van der Waals surface area contributed by atoms with Crippen LogP contribution in [-0.2, 0) is 6.42 Å². The van der Waals surface area contributed by atoms with E-state index in [1.54, 1.807) is 0 Å². The molecular weight excluding hydrogens is 414 g/mol. The van der Waals surface area contributed by atoms with Crippen LogP contribution in [0.1, 0.15) is 74.5 Å². The summed E-state index contributed by atoms with van der Waals surface area (Å²) in [5.41, 5.74) is 1.56. The predicted molar refractivity (Wildman–Crippen MR) is 131 cm³/mol. The molecule has 0 bridgehead atoms. The summed E-state index contributed by atoms with van der Waals surface area (Å²) in [7, 11) is 4.32. The third kappa shape index (κ3) is 4.69. The molecule has 7 heteroatoms. The largest absolute Gasteiger partial charge is 0.466 e. The second-order valence-electron chi connectivity index (χ2n) is 10.1. The molecular formula is C26H35N5O2. The van der Waals surface area contributed by atoms with E-state index in [9.17, 15) is 4.79 Å². The minimum Gasteiger partial charge on any atom is -0.466 e. The first kappa shape index (κ1) is 22.1. The van der Waals surface area contributed by atoms with E-state index in [0.717, 1.165) is 66.6 Å². The molecule has 0 saturated heterocycles. The molecule has 0 spiro atoms. The molecule has 2 aliphatic rings. The van der Waals surface area contributed by atoms with Crippen LogP contribution >= 0.6 is 0 Å². The third-order valence-corrected chi connectivity index (χ3v) is 7.46. The second-order valence-corrected chi connectivity index (χ2v) is 10.1. The topological polar surface area (TPSA) is 76.2 Å². The normalized spacial score (nSPS) is 21.8. The van der Waals surface area contributed by atoms with E-state index >= 15 is 0 Å². The van der Waals surface area contributed by atoms with Crippen molar-refractivity contribution in [2.45, 2.75) is 82.8 Å². The standard InChI is InChI=1S/C26H35N5O2/c1-17-8-13-23(33-17)15-18-14-19-16-27-26(28-20-9-11-21(12-10-20)30(2)3)29-24(19)31(25(18)32)22-6-4-5-7-22/h8,13-14,16,20-22H,4-7,9-12,15H2,1-3H3,(H,27,28,29). The van der Waals surface area contributed by atoms with Crippen LogP contribution in [0.15, 0.2) is 33.6 Å². The van der Waals surface area contributed by atoms with Crippen molar-refractivity contribution in [1.82, 2.24) is 19.4 Å². The molecule has 2 fully saturated rings. The van der Waals surface area contributed by atoms with Gasteiger partial charge in [-0.25, -0.2) is 4.98 Å². The fourth-order valence-electron chi connectivity index (χ4n) is 5.56. The fourth-order valence-corrected chi connectivity index (χ4v) is 5.56. The summed E-state index contributed by atoms with van der Waals surface area (Å²) in [6, 6.07) is 7.09. The summed E-state index contributed by atoms with van der Waals surface area (Å²) < 4.78 is 7.70. The number of aromatic nitrogens is 3. The molecule has 0 radical (unpaired) electrons. The number of rotatable bonds is 6. The van der Waals surface area contributed by atoms with Gasteiger partial charge in [0.1, 0.15) is 17.2 Å². The first-order valence-electron chi connectivity index (χ1n) is 12.4. The van der Waals surface area contributed by atoms with Crippen molar-refractivity contribution in [2.75, 3.05) is 19.4 Å². The zero-order chi connectivity index (χ0) is 22.9. The molecule has 0 aromatic carbocycles. The van der Waals surface area contributed by atoms with Gasteiger partial charge in [-0.1, -0.05) is 12.8 Å². The lowest BCUT2D eigenvalue weighted by Crippen LogP contribution is -2.36. The van der Waals surface area contributed by atoms with Crippen LogP contribution in [0.5, 0.6) is 0 Å². The zero-order valence-electron chi connectivity index (χ0n) is 20.0. The molecule has 0 atom stereocenters. The van der Waals surface area contributed by atoms with Crippen LogP contribution in [0.25, 0.3) is 11.0 Å². The number of hydrogen-bond donors (Lipinski definition) is 1. The number of aryl methyl sites for hydroxylation is 1. The highest BCUT2D eigenvalue weighted by Crippen LogP contribution is 2.31. The van der Waals surface area contributed by atoms with Crippen molar-refractivity contribution in [3.8, 4) is 0 Å². The Kier molecular flexibility index (Phi) is 6.23. The number of nitrogens with zero attached hydrogens (tertiary/aromatic N) is 4. The van der Waals surface area contributed by atoms with Crippen molar-refractivity contribution in [2.24, 2.45) is 0 Å². The average Bonchev–Trinajstić information content (AvgIpc) is 3.47. The molecule has 176 valence electrons. The Hall–Kier alpha value is -2.67. The van der Waals surface area contributed by atoms with Gasteiger partial charge in [-0.15, -0.1) is 0 Å². The minimum atomic E-state index is 0.0552. The smallest absolute Gasteiger partial charge is 0.256 e. The number of nitrogens with one attached hydrogen (secondary N) is 1. The number of pyridine rings is 1. The molecule has 3 heterocycles. The van der Waals surface area contributed by atoms with E-state index < -0.39 is 0 Å². The molecule has 3 aromatic heterocycles. The quantitative estimate of drug-likeness (QED) is 0.589. The zero-order valence-corrected chi connectivity index (χ0v) is 20.0. The molecule has 2 saturated carbocycles. The maximum atomic E-state index is 13.6. The van der Waals surface area contributed by atoms with Gasteiger partial charge in [0.15, 0.2) is 0 Å². The molecule has 1 N–H and O–H groups in total. The number of fused-ring (bicyclic) bond motifs is 1. The first-order valence-corrected chi connectivity index (χ1v) is 12.4. The molecule has 0 unspecified atom stereocenters. The van der Waals surface area contributed by atoms with Gasteiger partial charge >= 0.3 is 0 Å². The van der Waals surface area contributed by atoms with Gasteiger partial charge in [-0.3, -0.25) is 9.36 Å². The van der Waals surface area contributed by atoms with Crippen LogP contribution in [0.3, 0.4) is 0 Å². The maximum Gasteiger partial charge on any atom is 0.256 e. The second kappa shape index (κ2) is 9.29. The monoisotopic (exact) mass is 449 g/mol. The van der Waals surface area contributed by atoms with Crippen molar-refractivity contribution < 1.29 is 4.42 Å². The first-order chi connectivity index (χ1) is 16.0. The van der Waals surface area contributed by atoms with Gasteiger partial charge in [0.2, 0.25) is 5.95 Å². The fraction of sp³-hybridized carbons (Fsp3) is 0.577. The van der Waals surface area contributed by atoms with Gasteiger partial charge in [-0.2, -0.15) is 4.98 Å². The Morgan fingerprint density at radius 1 is 1.12 bits per heavy atom. The minimum absolute atomic E-state index is 0.0552. The van der Waals surface area contributed by atoms with Gasteiger partial charge < -0.3 is 14.6 Å². The molecule has 33 heavy (non-hydrogen) atoms. The summed E-state index contributed by atoms with van der Waals surface area (Å²) in [6.07, 6.45) is 11.3. The number of furan rings is 1. The SMILES string of the molecule is Cc1ccc(Cc2cc3cnc(NC4CCC(N(C)C)CC4)nc3n(C3CCCC3)c2=O)o1. The summed E-state index contributed by atoms with van der Waals surface area (Å²) in [6.45, 7) is 1.93. The molecule has 0 amide bonds. The van der Waals surface area contributed by atoms with Crippen LogP contribution in [0.2, 0.25) is 0 Å². The summed E-state index contributed by atoms with van der Waals surface area (Å²) >= 11 is 0. The Balaban J connectivity index is 1.46. The highest BCUT2D eigenvalue weighted by atomic mass is 16.3. The average molecular weight is 450 g/mol. The van der Waals surface area contributed by atoms with Gasteiger partial charge in [0, 0.05) is 41.7 Å². The molecule has 0 aliphatic heterocycles. The Morgan fingerprint density at radius 3 is 2.55 bits per heavy atom. The van der Waals surface area contributed by atoms with Gasteiger partial charge in [-0.05, 0) is 77.7 Å². The lowest BCUT2D eigenvalue weighted by molar-refractivity contribution is 0.221. The van der Waals surface area contributed by atoms with Crippen LogP contribution in [-0.4, -0.2) is 45.6 Å². The van der Waals surface area contributed by atoms with E-state index in [0.29, 0.717) is 24.5 Å². The third-order valence-electron chi connectivity index (χ3n) is 7.46. The Morgan fingerprint density at radius 2 is 1.88 bits per heavy atom. The molecule has 5 rings (SSSR count). The van der Waals surface area contributed by atoms with Crippen molar-refractivity contribution in [3.63, 3.8) is 0 Å². The van der Waals surface area contributed by atoms with Gasteiger partial charge in [0.05, 0.1) is 0 Å². The van der Waals surface area contributed by atoms with E-state index in [2.05, 4.69) is 29.3 Å². The van der Waals surface area contributed by atoms with E-state index in [-0.39, 0.29) is 11.6 Å². The Bertz CT molecular complexity index is 1170. The van der Waals surface area contributed by atoms with Crippen LogP contribution in [0, 0.1) is 6.92 Å². The summed E-state index contributed by atoms with van der Waals surface area (Å²) in [4.78, 5) is 25.5. The summed E-state index contributed by atoms with van der Waals surface area (Å²) in [5, 5.41) is 4.47. The van der Waals surface area contributed by atoms with Crippen LogP contribution < -0.4 is 10.9 Å². The highest BCUT2D eigenvalue weighted by molar-refractivity contribution is 5.76. The Labute approximate surface area is 195 Å². The van der Waals surface area contributed by atoms with E-state index in [4.69, 9.17) is 9.40 Å². The molecule has 2 aliphatic carbocycles. The maximum absolute atomic E-state index is 13.6. The van der Waals surface area contributed by atoms with Crippen molar-refractivity contribution >= 4 is 17.0 Å². The van der Waals surface area contributed by atoms with E-state index in [1.807, 2.05) is 35.9 Å². The molecule has 7 nitrogen and oxygen atoms in total.